The summed E-state index contributed by atoms with van der Waals surface area (Å²) in [7, 11) is 0. The van der Waals surface area contributed by atoms with E-state index in [9.17, 15) is 0 Å². The fourth-order valence-electron chi connectivity index (χ4n) is 12.9. The van der Waals surface area contributed by atoms with Gasteiger partial charge in [-0.3, -0.25) is 0 Å². The molecule has 5 aliphatic rings. The average Bonchev–Trinajstić information content (AvgIpc) is 3.99. The number of hydrogen-bond acceptors (Lipinski definition) is 1. The van der Waals surface area contributed by atoms with Crippen LogP contribution in [-0.4, -0.2) is 0 Å². The van der Waals surface area contributed by atoms with Crippen LogP contribution in [0.2, 0.25) is 0 Å². The van der Waals surface area contributed by atoms with E-state index < -0.39 is 5.41 Å². The summed E-state index contributed by atoms with van der Waals surface area (Å²) in [4.78, 5) is 2.52. The molecular weight excluding hydrogens is 795 g/mol. The van der Waals surface area contributed by atoms with E-state index in [0.717, 1.165) is 17.1 Å². The Kier molecular flexibility index (Phi) is 7.43. The summed E-state index contributed by atoms with van der Waals surface area (Å²) in [6.45, 7) is 9.41. The van der Waals surface area contributed by atoms with Crippen molar-refractivity contribution in [2.45, 2.75) is 43.9 Å². The number of fused-ring (bicyclic) bond motifs is 17. The van der Waals surface area contributed by atoms with E-state index >= 15 is 0 Å². The summed E-state index contributed by atoms with van der Waals surface area (Å²) < 4.78 is 0. The van der Waals surface area contributed by atoms with E-state index in [2.05, 4.69) is 238 Å². The van der Waals surface area contributed by atoms with Crippen molar-refractivity contribution in [3.05, 3.63) is 262 Å². The number of anilines is 3. The highest BCUT2D eigenvalue weighted by molar-refractivity contribution is 6.07. The molecule has 66 heavy (non-hydrogen) atoms. The van der Waals surface area contributed by atoms with Gasteiger partial charge in [-0.15, -0.1) is 0 Å². The van der Waals surface area contributed by atoms with Gasteiger partial charge in [-0.2, -0.15) is 0 Å². The fraction of sp³-hybridized carbons (Fsp3) is 0.108. The standard InChI is InChI=1S/C65H45N/c1-63(2)54-24-12-7-18-45(54)50-33-30-41(38-59(50)63)66(42-31-34-51-46-19-8-13-25-55(46)64(3,4)60(51)39-42)62-36-35-43(44-17-5-6-23-53(44)62)40-29-32-52-49-22-11-16-28-58(49)65(61(52)37-40)56-26-14-9-20-47(56)48-21-10-15-27-57(48)65/h5-12,14-24,26-39H,1-4H3. The smallest absolute Gasteiger partial charge is 0.0725 e. The van der Waals surface area contributed by atoms with Crippen LogP contribution in [0.5, 0.6) is 0 Å². The second-order valence-corrected chi connectivity index (χ2v) is 19.8. The van der Waals surface area contributed by atoms with Crippen molar-refractivity contribution in [2.24, 2.45) is 0 Å². The molecule has 0 unspecified atom stereocenters. The first-order valence-electron chi connectivity index (χ1n) is 23.3. The number of benzene rings is 9. The normalized spacial score (nSPS) is 16.1. The molecule has 0 bridgehead atoms. The minimum absolute atomic E-state index is 0.141. The minimum Gasteiger partial charge on any atom is -0.310 e. The highest BCUT2D eigenvalue weighted by atomic mass is 15.1. The first-order chi connectivity index (χ1) is 32.3. The molecule has 14 rings (SSSR count). The third-order valence-electron chi connectivity index (χ3n) is 15.9. The van der Waals surface area contributed by atoms with Crippen LogP contribution >= 0.6 is 0 Å². The second kappa shape index (κ2) is 13.1. The molecule has 0 amide bonds. The Morgan fingerprint density at radius 3 is 1.52 bits per heavy atom. The molecule has 0 atom stereocenters. The van der Waals surface area contributed by atoms with E-state index in [4.69, 9.17) is 0 Å². The van der Waals surface area contributed by atoms with Gasteiger partial charge in [-0.25, -0.2) is 0 Å². The highest BCUT2D eigenvalue weighted by Gasteiger charge is 2.51. The zero-order valence-corrected chi connectivity index (χ0v) is 37.5. The fourth-order valence-corrected chi connectivity index (χ4v) is 12.9. The average molecular weight is 840 g/mol. The summed E-state index contributed by atoms with van der Waals surface area (Å²) in [6, 6.07) is 71.5. The molecule has 0 N–H and O–H groups in total. The lowest BCUT2D eigenvalue weighted by molar-refractivity contribution is 0.660. The molecular formula is C65H45N. The molecule has 0 saturated carbocycles. The Morgan fingerprint density at radius 2 is 0.864 bits per heavy atom. The molecule has 0 saturated heterocycles. The minimum atomic E-state index is -0.403. The van der Waals surface area contributed by atoms with Gasteiger partial charge in [0.2, 0.25) is 0 Å². The lowest BCUT2D eigenvalue weighted by Crippen LogP contribution is -2.25. The van der Waals surface area contributed by atoms with Gasteiger partial charge in [0, 0.05) is 33.2 Å². The van der Waals surface area contributed by atoms with Gasteiger partial charge < -0.3 is 4.90 Å². The van der Waals surface area contributed by atoms with Gasteiger partial charge >= 0.3 is 0 Å². The molecule has 0 aromatic heterocycles. The third kappa shape index (κ3) is 4.71. The summed E-state index contributed by atoms with van der Waals surface area (Å²) in [5.41, 5.74) is 33.0. The van der Waals surface area contributed by atoms with Crippen LogP contribution in [0, 0.1) is 0 Å². The Bertz CT molecular complexity index is 3730. The number of nitrogens with zero attached hydrogens (tertiary/aromatic N) is 1. The quantitative estimate of drug-likeness (QED) is 0.160. The molecule has 5 aliphatic carbocycles. The predicted molar refractivity (Wildman–Crippen MR) is 274 cm³/mol. The zero-order chi connectivity index (χ0) is 44.1. The van der Waals surface area contributed by atoms with Gasteiger partial charge in [0.15, 0.2) is 0 Å². The van der Waals surface area contributed by atoms with Crippen molar-refractivity contribution < 1.29 is 0 Å². The van der Waals surface area contributed by atoms with Crippen LogP contribution in [0.4, 0.5) is 17.1 Å². The summed E-state index contributed by atoms with van der Waals surface area (Å²) in [5.74, 6) is 0. The monoisotopic (exact) mass is 839 g/mol. The summed E-state index contributed by atoms with van der Waals surface area (Å²) in [6.07, 6.45) is 4.19. The maximum Gasteiger partial charge on any atom is 0.0725 e. The molecule has 0 fully saturated rings. The molecule has 9 aromatic rings. The van der Waals surface area contributed by atoms with Crippen LogP contribution in [0.3, 0.4) is 0 Å². The Balaban J connectivity index is 0.983. The van der Waals surface area contributed by atoms with Crippen molar-refractivity contribution in [2.75, 3.05) is 4.90 Å². The van der Waals surface area contributed by atoms with E-state index in [0.29, 0.717) is 0 Å². The van der Waals surface area contributed by atoms with Crippen LogP contribution in [0.1, 0.15) is 72.2 Å². The van der Waals surface area contributed by atoms with E-state index in [1.807, 2.05) is 6.08 Å². The van der Waals surface area contributed by atoms with Crippen LogP contribution in [0.15, 0.2) is 217 Å². The highest BCUT2D eigenvalue weighted by Crippen LogP contribution is 2.63. The number of allylic oxidation sites excluding steroid dienone is 4. The molecule has 1 heteroatoms. The third-order valence-corrected chi connectivity index (χ3v) is 15.9. The van der Waals surface area contributed by atoms with E-state index in [1.165, 1.54) is 111 Å². The predicted octanol–water partition coefficient (Wildman–Crippen LogP) is 16.6. The topological polar surface area (TPSA) is 3.24 Å². The van der Waals surface area contributed by atoms with Crippen molar-refractivity contribution >= 4 is 33.4 Å². The molecule has 9 aromatic carbocycles. The van der Waals surface area contributed by atoms with Crippen LogP contribution in [0.25, 0.3) is 60.9 Å². The Labute approximate surface area is 386 Å². The van der Waals surface area contributed by atoms with Crippen molar-refractivity contribution in [1.29, 1.82) is 0 Å². The number of rotatable bonds is 4. The van der Waals surface area contributed by atoms with Crippen molar-refractivity contribution in [1.82, 2.24) is 0 Å². The van der Waals surface area contributed by atoms with Gasteiger partial charge in [-0.05, 0) is 149 Å². The lowest BCUT2D eigenvalue weighted by Gasteiger charge is -2.31. The lowest BCUT2D eigenvalue weighted by atomic mass is 9.70. The van der Waals surface area contributed by atoms with Gasteiger partial charge in [-0.1, -0.05) is 191 Å². The summed E-state index contributed by atoms with van der Waals surface area (Å²) in [5, 5.41) is 2.43. The van der Waals surface area contributed by atoms with Gasteiger partial charge in [0.05, 0.1) is 11.1 Å². The Hall–Kier alpha value is -7.92. The van der Waals surface area contributed by atoms with E-state index in [1.54, 1.807) is 0 Å². The maximum atomic E-state index is 3.50. The molecule has 0 heterocycles. The molecule has 1 spiro atoms. The largest absolute Gasteiger partial charge is 0.310 e. The number of hydrogen-bond donors (Lipinski definition) is 0. The Morgan fingerprint density at radius 1 is 0.379 bits per heavy atom. The second-order valence-electron chi connectivity index (χ2n) is 19.8. The van der Waals surface area contributed by atoms with Crippen LogP contribution < -0.4 is 4.90 Å². The van der Waals surface area contributed by atoms with E-state index in [-0.39, 0.29) is 10.8 Å². The van der Waals surface area contributed by atoms with Gasteiger partial charge in [0.25, 0.3) is 0 Å². The first kappa shape index (κ1) is 37.5. The first-order valence-corrected chi connectivity index (χ1v) is 23.3. The van der Waals surface area contributed by atoms with Crippen molar-refractivity contribution in [3.8, 4) is 44.5 Å². The summed E-state index contributed by atoms with van der Waals surface area (Å²) >= 11 is 0. The van der Waals surface area contributed by atoms with Crippen molar-refractivity contribution in [3.63, 3.8) is 0 Å². The molecule has 0 aliphatic heterocycles. The van der Waals surface area contributed by atoms with Gasteiger partial charge in [0.1, 0.15) is 0 Å². The maximum absolute atomic E-state index is 3.50. The molecule has 310 valence electrons. The van der Waals surface area contributed by atoms with Crippen LogP contribution in [-0.2, 0) is 16.2 Å². The molecule has 0 radical (unpaired) electrons. The molecule has 1 nitrogen and oxygen atoms in total. The SMILES string of the molecule is CC1(C)C2=C=C=CC=C2c2ccc(N(c3ccc4c(c3)C(C)(C)c3ccccc3-4)c3ccc(-c4ccc5c(c4)C4(c6ccccc6-c6ccccc64)c4ccccc4-5)c4ccccc34)cc21. The zero-order valence-electron chi connectivity index (χ0n) is 37.5.